The summed E-state index contributed by atoms with van der Waals surface area (Å²) in [6.45, 7) is 0. The van der Waals surface area contributed by atoms with Crippen LogP contribution in [-0.2, 0) is 0 Å². The van der Waals surface area contributed by atoms with Gasteiger partial charge < -0.3 is 5.32 Å². The third-order valence-electron chi connectivity index (χ3n) is 3.16. The first-order chi connectivity index (χ1) is 8.15. The van der Waals surface area contributed by atoms with Gasteiger partial charge in [0.25, 0.3) is 5.91 Å². The fourth-order valence-corrected chi connectivity index (χ4v) is 2.97. The van der Waals surface area contributed by atoms with Gasteiger partial charge in [-0.2, -0.15) is 0 Å². The van der Waals surface area contributed by atoms with Gasteiger partial charge >= 0.3 is 0 Å². The molecule has 1 amide bonds. The zero-order valence-electron chi connectivity index (χ0n) is 9.38. The Labute approximate surface area is 114 Å². The SMILES string of the molecule is O=C(NC1(CBr)CCCC1)c1ccc(Cl)cn1. The van der Waals surface area contributed by atoms with Crippen molar-refractivity contribution in [2.24, 2.45) is 0 Å². The molecule has 0 atom stereocenters. The minimum atomic E-state index is -0.122. The summed E-state index contributed by atoms with van der Waals surface area (Å²) in [7, 11) is 0. The summed E-state index contributed by atoms with van der Waals surface area (Å²) >= 11 is 9.23. The number of nitrogens with one attached hydrogen (secondary N) is 1. The minimum absolute atomic E-state index is 0.0988. The molecule has 1 heterocycles. The molecule has 1 saturated carbocycles. The number of amides is 1. The molecule has 5 heteroatoms. The largest absolute Gasteiger partial charge is 0.344 e. The van der Waals surface area contributed by atoms with Crippen LogP contribution in [0.1, 0.15) is 36.2 Å². The highest BCUT2D eigenvalue weighted by Crippen LogP contribution is 2.31. The summed E-state index contributed by atoms with van der Waals surface area (Å²) in [5.41, 5.74) is 0.319. The van der Waals surface area contributed by atoms with Crippen molar-refractivity contribution in [3.63, 3.8) is 0 Å². The molecule has 3 nitrogen and oxygen atoms in total. The predicted octanol–water partition coefficient (Wildman–Crippen LogP) is 3.17. The van der Waals surface area contributed by atoms with Crippen LogP contribution in [0.3, 0.4) is 0 Å². The molecule has 1 aromatic rings. The molecule has 1 N–H and O–H groups in total. The highest BCUT2D eigenvalue weighted by Gasteiger charge is 2.34. The molecule has 1 aliphatic carbocycles. The molecular formula is C12H14BrClN2O. The van der Waals surface area contributed by atoms with E-state index in [9.17, 15) is 4.79 Å². The summed E-state index contributed by atoms with van der Waals surface area (Å²) in [4.78, 5) is 16.1. The summed E-state index contributed by atoms with van der Waals surface area (Å²) in [5, 5.41) is 4.42. The van der Waals surface area contributed by atoms with Crippen LogP contribution in [-0.4, -0.2) is 21.8 Å². The monoisotopic (exact) mass is 316 g/mol. The van der Waals surface area contributed by atoms with Crippen molar-refractivity contribution in [2.45, 2.75) is 31.2 Å². The molecule has 0 bridgehead atoms. The van der Waals surface area contributed by atoms with Gasteiger partial charge in [0, 0.05) is 11.5 Å². The van der Waals surface area contributed by atoms with Crippen molar-refractivity contribution >= 4 is 33.4 Å². The van der Waals surface area contributed by atoms with E-state index in [2.05, 4.69) is 26.2 Å². The zero-order valence-corrected chi connectivity index (χ0v) is 11.7. The number of rotatable bonds is 3. The molecule has 1 aromatic heterocycles. The third kappa shape index (κ3) is 2.99. The number of aromatic nitrogens is 1. The van der Waals surface area contributed by atoms with E-state index in [1.807, 2.05) is 0 Å². The molecule has 1 fully saturated rings. The number of pyridine rings is 1. The average molecular weight is 318 g/mol. The van der Waals surface area contributed by atoms with Crippen LogP contribution in [0.2, 0.25) is 5.02 Å². The highest BCUT2D eigenvalue weighted by atomic mass is 79.9. The van der Waals surface area contributed by atoms with Crippen LogP contribution < -0.4 is 5.32 Å². The van der Waals surface area contributed by atoms with Crippen molar-refractivity contribution in [3.8, 4) is 0 Å². The molecule has 0 saturated heterocycles. The van der Waals surface area contributed by atoms with Gasteiger partial charge in [-0.05, 0) is 25.0 Å². The minimum Gasteiger partial charge on any atom is -0.344 e. The van der Waals surface area contributed by atoms with Gasteiger partial charge in [-0.25, -0.2) is 4.98 Å². The maximum atomic E-state index is 12.0. The second kappa shape index (κ2) is 5.36. The Morgan fingerprint density at radius 2 is 2.18 bits per heavy atom. The number of hydrogen-bond acceptors (Lipinski definition) is 2. The van der Waals surface area contributed by atoms with E-state index in [-0.39, 0.29) is 11.4 Å². The Hall–Kier alpha value is -0.610. The fourth-order valence-electron chi connectivity index (χ4n) is 2.16. The lowest BCUT2D eigenvalue weighted by Gasteiger charge is -2.27. The molecule has 0 radical (unpaired) electrons. The number of alkyl halides is 1. The Balaban J connectivity index is 2.08. The van der Waals surface area contributed by atoms with Crippen LogP contribution >= 0.6 is 27.5 Å². The molecule has 1 aliphatic rings. The first-order valence-electron chi connectivity index (χ1n) is 5.65. The van der Waals surface area contributed by atoms with Crippen molar-refractivity contribution in [2.75, 3.05) is 5.33 Å². The van der Waals surface area contributed by atoms with E-state index in [0.717, 1.165) is 18.2 Å². The number of carbonyl (C=O) groups excluding carboxylic acids is 1. The smallest absolute Gasteiger partial charge is 0.270 e. The van der Waals surface area contributed by atoms with Crippen molar-refractivity contribution in [1.82, 2.24) is 10.3 Å². The maximum Gasteiger partial charge on any atom is 0.270 e. The average Bonchev–Trinajstić information content (AvgIpc) is 2.79. The van der Waals surface area contributed by atoms with Crippen molar-refractivity contribution < 1.29 is 4.79 Å². The number of hydrogen-bond donors (Lipinski definition) is 1. The first kappa shape index (κ1) is 12.8. The molecule has 92 valence electrons. The van der Waals surface area contributed by atoms with Crippen molar-refractivity contribution in [3.05, 3.63) is 29.0 Å². The second-order valence-corrected chi connectivity index (χ2v) is 5.43. The molecule has 0 unspecified atom stereocenters. The fraction of sp³-hybridized carbons (Fsp3) is 0.500. The molecule has 0 aliphatic heterocycles. The van der Waals surface area contributed by atoms with Crippen LogP contribution in [0.25, 0.3) is 0 Å². The van der Waals surface area contributed by atoms with Gasteiger partial charge in [-0.1, -0.05) is 40.4 Å². The van der Waals surface area contributed by atoms with Crippen LogP contribution in [0.4, 0.5) is 0 Å². The zero-order chi connectivity index (χ0) is 12.3. The van der Waals surface area contributed by atoms with Crippen LogP contribution in [0.5, 0.6) is 0 Å². The van der Waals surface area contributed by atoms with Crippen LogP contribution in [0.15, 0.2) is 18.3 Å². The topological polar surface area (TPSA) is 42.0 Å². The van der Waals surface area contributed by atoms with Gasteiger partial charge in [0.1, 0.15) is 5.69 Å². The number of nitrogens with zero attached hydrogens (tertiary/aromatic N) is 1. The van der Waals surface area contributed by atoms with Crippen molar-refractivity contribution in [1.29, 1.82) is 0 Å². The quantitative estimate of drug-likeness (QED) is 0.870. The second-order valence-electron chi connectivity index (χ2n) is 4.44. The van der Waals surface area contributed by atoms with Gasteiger partial charge in [0.2, 0.25) is 0 Å². The Morgan fingerprint density at radius 1 is 1.47 bits per heavy atom. The highest BCUT2D eigenvalue weighted by molar-refractivity contribution is 9.09. The summed E-state index contributed by atoms with van der Waals surface area (Å²) in [5.74, 6) is -0.122. The molecule has 0 spiro atoms. The van der Waals surface area contributed by atoms with E-state index in [4.69, 9.17) is 11.6 Å². The Bertz CT molecular complexity index is 401. The van der Waals surface area contributed by atoms with E-state index >= 15 is 0 Å². The summed E-state index contributed by atoms with van der Waals surface area (Å²) in [6.07, 6.45) is 5.88. The van der Waals surface area contributed by atoms with E-state index in [1.165, 1.54) is 19.0 Å². The molecule has 17 heavy (non-hydrogen) atoms. The summed E-state index contributed by atoms with van der Waals surface area (Å²) in [6, 6.07) is 3.33. The maximum absolute atomic E-state index is 12.0. The van der Waals surface area contributed by atoms with E-state index in [1.54, 1.807) is 12.1 Å². The number of halogens is 2. The van der Waals surface area contributed by atoms with Gasteiger partial charge in [-0.15, -0.1) is 0 Å². The van der Waals surface area contributed by atoms with E-state index in [0.29, 0.717) is 10.7 Å². The lowest BCUT2D eigenvalue weighted by Crippen LogP contribution is -2.48. The van der Waals surface area contributed by atoms with Crippen LogP contribution in [0, 0.1) is 0 Å². The first-order valence-corrected chi connectivity index (χ1v) is 7.15. The lowest BCUT2D eigenvalue weighted by atomic mass is 10.0. The summed E-state index contributed by atoms with van der Waals surface area (Å²) < 4.78 is 0. The lowest BCUT2D eigenvalue weighted by molar-refractivity contribution is 0.0905. The van der Waals surface area contributed by atoms with Gasteiger partial charge in [-0.3, -0.25) is 4.79 Å². The normalized spacial score (nSPS) is 18.0. The molecular weight excluding hydrogens is 304 g/mol. The molecule has 0 aromatic carbocycles. The van der Waals surface area contributed by atoms with Gasteiger partial charge in [0.15, 0.2) is 0 Å². The number of carbonyl (C=O) groups is 1. The van der Waals surface area contributed by atoms with Gasteiger partial charge in [0.05, 0.1) is 10.6 Å². The molecule has 2 rings (SSSR count). The predicted molar refractivity (Wildman–Crippen MR) is 71.7 cm³/mol. The standard InChI is InChI=1S/C12H14BrClN2O/c13-8-12(5-1-2-6-12)16-11(17)10-4-3-9(14)7-15-10/h3-4,7H,1-2,5-6,8H2,(H,16,17). The van der Waals surface area contributed by atoms with E-state index < -0.39 is 0 Å². The Kier molecular flexibility index (Phi) is 4.05. The third-order valence-corrected chi connectivity index (χ3v) is 4.45. The Morgan fingerprint density at radius 3 is 2.71 bits per heavy atom.